The van der Waals surface area contributed by atoms with E-state index in [2.05, 4.69) is 5.32 Å². The maximum Gasteiger partial charge on any atom is 0.221 e. The molecule has 0 spiro atoms. The molecule has 1 aromatic rings. The summed E-state index contributed by atoms with van der Waals surface area (Å²) in [6.07, 6.45) is 0.524. The van der Waals surface area contributed by atoms with E-state index in [0.29, 0.717) is 13.0 Å². The second-order valence-corrected chi connectivity index (χ2v) is 4.56. The summed E-state index contributed by atoms with van der Waals surface area (Å²) in [6, 6.07) is 7.75. The lowest BCUT2D eigenvalue weighted by Crippen LogP contribution is -2.28. The molecule has 1 aromatic carbocycles. The van der Waals surface area contributed by atoms with Crippen LogP contribution in [0.25, 0.3) is 0 Å². The highest BCUT2D eigenvalue weighted by Crippen LogP contribution is 2.18. The SMILES string of the molecule is CC(C)Oc1ccc(C(C)NC(=O)CCN)cc1.Cl. The predicted octanol–water partition coefficient (Wildman–Crippen LogP) is 2.42. The summed E-state index contributed by atoms with van der Waals surface area (Å²) in [5.41, 5.74) is 6.38. The largest absolute Gasteiger partial charge is 0.491 e. The van der Waals surface area contributed by atoms with Crippen molar-refractivity contribution in [3.05, 3.63) is 29.8 Å². The van der Waals surface area contributed by atoms with E-state index in [-0.39, 0.29) is 30.5 Å². The summed E-state index contributed by atoms with van der Waals surface area (Å²) in [4.78, 5) is 11.4. The smallest absolute Gasteiger partial charge is 0.221 e. The van der Waals surface area contributed by atoms with Gasteiger partial charge in [-0.1, -0.05) is 12.1 Å². The molecule has 0 saturated carbocycles. The topological polar surface area (TPSA) is 64.3 Å². The first-order valence-corrected chi connectivity index (χ1v) is 6.29. The van der Waals surface area contributed by atoms with Crippen molar-refractivity contribution < 1.29 is 9.53 Å². The molecule has 0 saturated heterocycles. The van der Waals surface area contributed by atoms with Gasteiger partial charge in [-0.05, 0) is 38.5 Å². The number of hydrogen-bond acceptors (Lipinski definition) is 3. The number of carbonyl (C=O) groups is 1. The van der Waals surface area contributed by atoms with E-state index >= 15 is 0 Å². The highest BCUT2D eigenvalue weighted by molar-refractivity contribution is 5.85. The van der Waals surface area contributed by atoms with Crippen LogP contribution >= 0.6 is 12.4 Å². The Morgan fingerprint density at radius 1 is 1.26 bits per heavy atom. The molecular formula is C14H23ClN2O2. The Kier molecular flexibility index (Phi) is 8.19. The summed E-state index contributed by atoms with van der Waals surface area (Å²) in [6.45, 7) is 6.31. The molecule has 0 aliphatic rings. The van der Waals surface area contributed by atoms with Gasteiger partial charge in [0.2, 0.25) is 5.91 Å². The monoisotopic (exact) mass is 286 g/mol. The van der Waals surface area contributed by atoms with Crippen LogP contribution in [0.5, 0.6) is 5.75 Å². The molecule has 0 radical (unpaired) electrons. The lowest BCUT2D eigenvalue weighted by atomic mass is 10.1. The molecule has 1 amide bonds. The summed E-state index contributed by atoms with van der Waals surface area (Å²) < 4.78 is 5.56. The summed E-state index contributed by atoms with van der Waals surface area (Å²) >= 11 is 0. The van der Waals surface area contributed by atoms with Crippen molar-refractivity contribution in [2.24, 2.45) is 5.73 Å². The van der Waals surface area contributed by atoms with Crippen molar-refractivity contribution in [2.75, 3.05) is 6.54 Å². The van der Waals surface area contributed by atoms with Gasteiger partial charge >= 0.3 is 0 Å². The van der Waals surface area contributed by atoms with Crippen molar-refractivity contribution in [1.82, 2.24) is 5.32 Å². The van der Waals surface area contributed by atoms with Crippen LogP contribution in [-0.2, 0) is 4.79 Å². The number of carbonyl (C=O) groups excluding carboxylic acids is 1. The number of nitrogens with one attached hydrogen (secondary N) is 1. The third-order valence-corrected chi connectivity index (χ3v) is 2.50. The molecule has 0 aromatic heterocycles. The summed E-state index contributed by atoms with van der Waals surface area (Å²) in [5.74, 6) is 0.821. The number of hydrogen-bond donors (Lipinski definition) is 2. The van der Waals surface area contributed by atoms with E-state index in [9.17, 15) is 4.79 Å². The fourth-order valence-electron chi connectivity index (χ4n) is 1.64. The number of halogens is 1. The zero-order chi connectivity index (χ0) is 13.5. The number of amides is 1. The number of nitrogens with two attached hydrogens (primary N) is 1. The fraction of sp³-hybridized carbons (Fsp3) is 0.500. The molecule has 0 bridgehead atoms. The van der Waals surface area contributed by atoms with Gasteiger partial charge < -0.3 is 15.8 Å². The van der Waals surface area contributed by atoms with E-state index in [1.165, 1.54) is 0 Å². The van der Waals surface area contributed by atoms with Crippen molar-refractivity contribution in [1.29, 1.82) is 0 Å². The van der Waals surface area contributed by atoms with E-state index in [1.54, 1.807) is 0 Å². The Balaban J connectivity index is 0.00000324. The van der Waals surface area contributed by atoms with Gasteiger partial charge in [-0.2, -0.15) is 0 Å². The maximum atomic E-state index is 11.4. The minimum absolute atomic E-state index is 0. The molecule has 0 aliphatic heterocycles. The molecule has 0 fully saturated rings. The number of rotatable bonds is 6. The second-order valence-electron chi connectivity index (χ2n) is 4.56. The van der Waals surface area contributed by atoms with E-state index in [4.69, 9.17) is 10.5 Å². The van der Waals surface area contributed by atoms with E-state index in [1.807, 2.05) is 45.0 Å². The van der Waals surface area contributed by atoms with Crippen LogP contribution in [0, 0.1) is 0 Å². The van der Waals surface area contributed by atoms with Crippen molar-refractivity contribution in [2.45, 2.75) is 39.3 Å². The molecule has 0 aliphatic carbocycles. The Morgan fingerprint density at radius 3 is 2.32 bits per heavy atom. The third-order valence-electron chi connectivity index (χ3n) is 2.50. The normalized spacial score (nSPS) is 11.6. The lowest BCUT2D eigenvalue weighted by molar-refractivity contribution is -0.121. The maximum absolute atomic E-state index is 11.4. The van der Waals surface area contributed by atoms with Gasteiger partial charge in [0.1, 0.15) is 5.75 Å². The van der Waals surface area contributed by atoms with Gasteiger partial charge in [-0.25, -0.2) is 0 Å². The molecule has 19 heavy (non-hydrogen) atoms. The number of ether oxygens (including phenoxy) is 1. The third kappa shape index (κ3) is 6.45. The van der Waals surface area contributed by atoms with E-state index in [0.717, 1.165) is 11.3 Å². The van der Waals surface area contributed by atoms with Gasteiger partial charge in [0.15, 0.2) is 0 Å². The standard InChI is InChI=1S/C14H22N2O2.ClH/c1-10(2)18-13-6-4-12(5-7-13)11(3)16-14(17)8-9-15;/h4-7,10-11H,8-9,15H2,1-3H3,(H,16,17);1H. The highest BCUT2D eigenvalue weighted by atomic mass is 35.5. The van der Waals surface area contributed by atoms with Crippen LogP contribution in [0.4, 0.5) is 0 Å². The van der Waals surface area contributed by atoms with Crippen LogP contribution in [0.3, 0.4) is 0 Å². The summed E-state index contributed by atoms with van der Waals surface area (Å²) in [7, 11) is 0. The Morgan fingerprint density at radius 2 is 1.84 bits per heavy atom. The average Bonchev–Trinajstić information content (AvgIpc) is 2.29. The molecule has 5 heteroatoms. The quantitative estimate of drug-likeness (QED) is 0.844. The zero-order valence-corrected chi connectivity index (χ0v) is 12.5. The van der Waals surface area contributed by atoms with Crippen LogP contribution in [0.2, 0.25) is 0 Å². The minimum atomic E-state index is -0.0208. The van der Waals surface area contributed by atoms with Crippen LogP contribution in [-0.4, -0.2) is 18.6 Å². The Hall–Kier alpha value is -1.26. The zero-order valence-electron chi connectivity index (χ0n) is 11.7. The predicted molar refractivity (Wildman–Crippen MR) is 79.7 cm³/mol. The molecule has 3 N–H and O–H groups in total. The van der Waals surface area contributed by atoms with Gasteiger partial charge in [0.05, 0.1) is 12.1 Å². The first-order valence-electron chi connectivity index (χ1n) is 6.29. The first-order chi connectivity index (χ1) is 8.52. The fourth-order valence-corrected chi connectivity index (χ4v) is 1.64. The molecule has 1 rings (SSSR count). The molecule has 108 valence electrons. The van der Waals surface area contributed by atoms with Crippen molar-refractivity contribution >= 4 is 18.3 Å². The van der Waals surface area contributed by atoms with E-state index < -0.39 is 0 Å². The first kappa shape index (κ1) is 17.7. The van der Waals surface area contributed by atoms with Crippen LogP contribution < -0.4 is 15.8 Å². The molecular weight excluding hydrogens is 264 g/mol. The van der Waals surface area contributed by atoms with Crippen molar-refractivity contribution in [3.63, 3.8) is 0 Å². The van der Waals surface area contributed by atoms with Crippen molar-refractivity contribution in [3.8, 4) is 5.75 Å². The second kappa shape index (κ2) is 8.77. The average molecular weight is 287 g/mol. The number of benzene rings is 1. The molecule has 1 unspecified atom stereocenters. The Labute approximate surface area is 121 Å². The molecule has 1 atom stereocenters. The Bertz CT molecular complexity index is 380. The van der Waals surface area contributed by atoms with Gasteiger partial charge in [-0.15, -0.1) is 12.4 Å². The minimum Gasteiger partial charge on any atom is -0.491 e. The van der Waals surface area contributed by atoms with Gasteiger partial charge in [-0.3, -0.25) is 4.79 Å². The van der Waals surface area contributed by atoms with Crippen LogP contribution in [0.15, 0.2) is 24.3 Å². The van der Waals surface area contributed by atoms with Crippen LogP contribution in [0.1, 0.15) is 38.8 Å². The summed E-state index contributed by atoms with van der Waals surface area (Å²) in [5, 5.41) is 2.90. The molecule has 4 nitrogen and oxygen atoms in total. The molecule has 0 heterocycles. The lowest BCUT2D eigenvalue weighted by Gasteiger charge is -2.15. The van der Waals surface area contributed by atoms with Gasteiger partial charge in [0, 0.05) is 13.0 Å². The van der Waals surface area contributed by atoms with Gasteiger partial charge in [0.25, 0.3) is 0 Å². The highest BCUT2D eigenvalue weighted by Gasteiger charge is 2.09.